The number of hydrogen-bond donors (Lipinski definition) is 1. The summed E-state index contributed by atoms with van der Waals surface area (Å²) in [5.41, 5.74) is 0.309. The van der Waals surface area contributed by atoms with E-state index in [4.69, 9.17) is 9.47 Å². The van der Waals surface area contributed by atoms with Gasteiger partial charge in [-0.3, -0.25) is 9.69 Å². The second-order valence-corrected chi connectivity index (χ2v) is 8.55. The molecule has 0 saturated carbocycles. The Morgan fingerprint density at radius 2 is 1.66 bits per heavy atom. The number of carbonyl (C=O) groups is 4. The molecule has 9 heteroatoms. The molecule has 2 aromatic carbocycles. The highest BCUT2D eigenvalue weighted by molar-refractivity contribution is 5.98. The minimum absolute atomic E-state index is 0.0564. The van der Waals surface area contributed by atoms with Crippen molar-refractivity contribution in [2.75, 3.05) is 20.7 Å². The van der Waals surface area contributed by atoms with Gasteiger partial charge in [-0.15, -0.1) is 0 Å². The van der Waals surface area contributed by atoms with E-state index in [-0.39, 0.29) is 38.3 Å². The van der Waals surface area contributed by atoms with Gasteiger partial charge in [-0.2, -0.15) is 0 Å². The maximum Gasteiger partial charge on any atom is 0.410 e. The van der Waals surface area contributed by atoms with Gasteiger partial charge in [0.15, 0.2) is 5.54 Å². The van der Waals surface area contributed by atoms with Crippen LogP contribution in [-0.4, -0.2) is 71.1 Å². The molecular formula is C26H30N2O7. The first-order chi connectivity index (χ1) is 16.8. The van der Waals surface area contributed by atoms with Crippen LogP contribution in [0.2, 0.25) is 0 Å². The second-order valence-electron chi connectivity index (χ2n) is 8.55. The van der Waals surface area contributed by atoms with E-state index in [1.165, 1.54) is 24.0 Å². The summed E-state index contributed by atoms with van der Waals surface area (Å²) in [6.45, 7) is 0.194. The summed E-state index contributed by atoms with van der Waals surface area (Å²) in [4.78, 5) is 52.0. The molecule has 3 rings (SSSR count). The average Bonchev–Trinajstić information content (AvgIpc) is 2.87. The number of rotatable bonds is 11. The molecule has 1 aliphatic heterocycles. The molecule has 2 atom stereocenters. The van der Waals surface area contributed by atoms with Gasteiger partial charge in [0.2, 0.25) is 5.91 Å². The van der Waals surface area contributed by atoms with Crippen LogP contribution in [0.5, 0.6) is 0 Å². The predicted octanol–water partition coefficient (Wildman–Crippen LogP) is 2.88. The van der Waals surface area contributed by atoms with Crippen molar-refractivity contribution in [2.45, 2.75) is 43.9 Å². The van der Waals surface area contributed by atoms with Crippen molar-refractivity contribution in [1.82, 2.24) is 9.80 Å². The molecule has 1 fully saturated rings. The number of likely N-dealkylation sites (N-methyl/N-ethyl adjacent to an activating group) is 1. The Hall–Kier alpha value is -3.88. The van der Waals surface area contributed by atoms with Gasteiger partial charge in [0.25, 0.3) is 0 Å². The molecule has 2 amide bonds. The Kier molecular flexibility index (Phi) is 8.46. The number of likely N-dealkylation sites (tertiary alicyclic amines) is 1. The molecule has 186 valence electrons. The van der Waals surface area contributed by atoms with E-state index in [2.05, 4.69) is 0 Å². The second kappa shape index (κ2) is 11.5. The Morgan fingerprint density at radius 3 is 2.20 bits per heavy atom. The van der Waals surface area contributed by atoms with Crippen molar-refractivity contribution in [3.05, 3.63) is 71.8 Å². The van der Waals surface area contributed by atoms with E-state index >= 15 is 0 Å². The van der Waals surface area contributed by atoms with E-state index in [9.17, 15) is 24.3 Å². The summed E-state index contributed by atoms with van der Waals surface area (Å²) in [6, 6.07) is 17.4. The van der Waals surface area contributed by atoms with Gasteiger partial charge in [-0.1, -0.05) is 60.7 Å². The summed E-state index contributed by atoms with van der Waals surface area (Å²) >= 11 is 0. The molecule has 2 aromatic rings. The monoisotopic (exact) mass is 482 g/mol. The first kappa shape index (κ1) is 25.7. The lowest BCUT2D eigenvalue weighted by Crippen LogP contribution is -2.69. The minimum Gasteiger partial charge on any atom is -0.479 e. The van der Waals surface area contributed by atoms with Crippen LogP contribution in [-0.2, 0) is 36.9 Å². The number of nitrogens with zero attached hydrogens (tertiary/aromatic N) is 2. The normalized spacial score (nSPS) is 17.8. The lowest BCUT2D eigenvalue weighted by atomic mass is 9.78. The summed E-state index contributed by atoms with van der Waals surface area (Å²) in [7, 11) is 2.67. The molecule has 9 nitrogen and oxygen atoms in total. The summed E-state index contributed by atoms with van der Waals surface area (Å²) in [5.74, 6) is -1.94. The summed E-state index contributed by atoms with van der Waals surface area (Å²) in [6.07, 6.45) is -0.0990. The van der Waals surface area contributed by atoms with E-state index in [1.807, 2.05) is 60.7 Å². The fourth-order valence-corrected chi connectivity index (χ4v) is 4.28. The SMILES string of the molecule is COC(=O)[C@H](CCCN1C(=O)CC1(Cc1ccccc1)C(=O)O)N(C)C(=O)OCc1ccccc1. The fourth-order valence-electron chi connectivity index (χ4n) is 4.28. The van der Waals surface area contributed by atoms with Crippen LogP contribution in [0.3, 0.4) is 0 Å². The van der Waals surface area contributed by atoms with Gasteiger partial charge in [-0.25, -0.2) is 14.4 Å². The number of carboxylic acids is 1. The molecule has 35 heavy (non-hydrogen) atoms. The molecule has 1 heterocycles. The van der Waals surface area contributed by atoms with Crippen molar-refractivity contribution >= 4 is 23.9 Å². The molecule has 1 aliphatic rings. The first-order valence-electron chi connectivity index (χ1n) is 11.4. The molecule has 0 aromatic heterocycles. The van der Waals surface area contributed by atoms with Gasteiger partial charge < -0.3 is 19.5 Å². The number of amides is 2. The summed E-state index contributed by atoms with van der Waals surface area (Å²) < 4.78 is 10.2. The Labute approximate surface area is 204 Å². The predicted molar refractivity (Wildman–Crippen MR) is 126 cm³/mol. The quantitative estimate of drug-likeness (QED) is 0.387. The highest BCUT2D eigenvalue weighted by atomic mass is 16.6. The highest BCUT2D eigenvalue weighted by Crippen LogP contribution is 2.36. The van der Waals surface area contributed by atoms with Crippen molar-refractivity contribution in [2.24, 2.45) is 0 Å². The number of hydrogen-bond acceptors (Lipinski definition) is 6. The van der Waals surface area contributed by atoms with Gasteiger partial charge in [-0.05, 0) is 24.0 Å². The molecule has 0 spiro atoms. The topological polar surface area (TPSA) is 113 Å². The molecule has 0 bridgehead atoms. The molecule has 1 N–H and O–H groups in total. The highest BCUT2D eigenvalue weighted by Gasteiger charge is 2.56. The number of esters is 1. The maximum atomic E-state index is 12.5. The number of carboxylic acid groups (broad SMARTS) is 1. The number of aliphatic carboxylic acids is 1. The number of methoxy groups -OCH3 is 1. The van der Waals surface area contributed by atoms with Crippen molar-refractivity contribution in [3.8, 4) is 0 Å². The third-order valence-electron chi connectivity index (χ3n) is 6.29. The number of ether oxygens (including phenoxy) is 2. The van der Waals surface area contributed by atoms with Gasteiger partial charge in [0.05, 0.1) is 13.5 Å². The number of β-lactam (4-membered cyclic amide) rings is 1. The van der Waals surface area contributed by atoms with E-state index in [1.54, 1.807) is 0 Å². The maximum absolute atomic E-state index is 12.5. The average molecular weight is 483 g/mol. The number of benzene rings is 2. The van der Waals surface area contributed by atoms with Crippen molar-refractivity contribution in [1.29, 1.82) is 0 Å². The molecule has 1 saturated heterocycles. The zero-order valence-corrected chi connectivity index (χ0v) is 19.9. The molecule has 0 aliphatic carbocycles. The molecule has 0 radical (unpaired) electrons. The van der Waals surface area contributed by atoms with Gasteiger partial charge in [0.1, 0.15) is 12.6 Å². The zero-order valence-electron chi connectivity index (χ0n) is 19.9. The first-order valence-corrected chi connectivity index (χ1v) is 11.4. The fraction of sp³-hybridized carbons (Fsp3) is 0.385. The van der Waals surface area contributed by atoms with Crippen LogP contribution in [0.1, 0.15) is 30.4 Å². The smallest absolute Gasteiger partial charge is 0.410 e. The van der Waals surface area contributed by atoms with E-state index in [0.717, 1.165) is 11.1 Å². The third kappa shape index (κ3) is 5.98. The lowest BCUT2D eigenvalue weighted by molar-refractivity contribution is -0.176. The summed E-state index contributed by atoms with van der Waals surface area (Å²) in [5, 5.41) is 9.94. The Balaban J connectivity index is 1.62. The number of carbonyl (C=O) groups excluding carboxylic acids is 3. The molecular weight excluding hydrogens is 452 g/mol. The minimum atomic E-state index is -1.32. The van der Waals surface area contributed by atoms with Crippen LogP contribution >= 0.6 is 0 Å². The Morgan fingerprint density at radius 1 is 1.06 bits per heavy atom. The van der Waals surface area contributed by atoms with Crippen LogP contribution in [0.4, 0.5) is 4.79 Å². The Bertz CT molecular complexity index is 1040. The standard InChI is InChI=1S/C26H30N2O7/c1-27(25(33)35-18-20-12-7-4-8-13-20)21(23(30)34-2)14-9-15-28-22(29)17-26(28,24(31)32)16-19-10-5-3-6-11-19/h3-8,10-13,21H,9,14-18H2,1-2H3,(H,31,32)/t21-,26?/m0/s1. The van der Waals surface area contributed by atoms with Crippen LogP contribution in [0.25, 0.3) is 0 Å². The van der Waals surface area contributed by atoms with Crippen molar-refractivity contribution in [3.63, 3.8) is 0 Å². The van der Waals surface area contributed by atoms with Crippen LogP contribution < -0.4 is 0 Å². The van der Waals surface area contributed by atoms with Crippen LogP contribution in [0, 0.1) is 0 Å². The zero-order chi connectivity index (χ0) is 25.4. The van der Waals surface area contributed by atoms with E-state index in [0.29, 0.717) is 6.42 Å². The molecule has 1 unspecified atom stereocenters. The van der Waals surface area contributed by atoms with Crippen molar-refractivity contribution < 1.29 is 33.8 Å². The largest absolute Gasteiger partial charge is 0.479 e. The van der Waals surface area contributed by atoms with Crippen LogP contribution in [0.15, 0.2) is 60.7 Å². The van der Waals surface area contributed by atoms with Gasteiger partial charge >= 0.3 is 18.0 Å². The lowest BCUT2D eigenvalue weighted by Gasteiger charge is -2.49. The van der Waals surface area contributed by atoms with E-state index < -0.39 is 29.6 Å². The third-order valence-corrected chi connectivity index (χ3v) is 6.29. The van der Waals surface area contributed by atoms with Gasteiger partial charge in [0, 0.05) is 20.0 Å².